The van der Waals surface area contributed by atoms with Crippen LogP contribution in [0, 0.1) is 0 Å². The number of amides is 1. The van der Waals surface area contributed by atoms with Gasteiger partial charge in [0.05, 0.1) is 18.0 Å². The first kappa shape index (κ1) is 20.5. The molecule has 2 heterocycles. The number of nitrogens with zero attached hydrogens (tertiary/aromatic N) is 1. The van der Waals surface area contributed by atoms with Crippen LogP contribution in [0.2, 0.25) is 0 Å². The zero-order valence-electron chi connectivity index (χ0n) is 12.8. The normalized spacial score (nSPS) is 15.5. The van der Waals surface area contributed by atoms with Gasteiger partial charge in [0, 0.05) is 6.07 Å². The van der Waals surface area contributed by atoms with Crippen LogP contribution in [0.25, 0.3) is 0 Å². The number of pyridine rings is 1. The topological polar surface area (TPSA) is 72.5 Å². The Balaban J connectivity index is 0.00000288. The second kappa shape index (κ2) is 9.65. The van der Waals surface area contributed by atoms with Crippen LogP contribution in [0.5, 0.6) is 5.88 Å². The van der Waals surface area contributed by atoms with Crippen LogP contribution < -0.4 is 15.4 Å². The molecule has 0 aliphatic carbocycles. The molecule has 0 unspecified atom stereocenters. The molecule has 24 heavy (non-hydrogen) atoms. The summed E-state index contributed by atoms with van der Waals surface area (Å²) in [5.41, 5.74) is 0.364. The molecule has 1 fully saturated rings. The molecular weight excluding hydrogens is 351 g/mol. The van der Waals surface area contributed by atoms with Gasteiger partial charge < -0.3 is 20.1 Å². The Bertz CT molecular complexity index is 508. The maximum atomic E-state index is 12.0. The van der Waals surface area contributed by atoms with Gasteiger partial charge in [-0.3, -0.25) is 4.79 Å². The Kier molecular flexibility index (Phi) is 8.23. The Morgan fingerprint density at radius 2 is 2.04 bits per heavy atom. The fourth-order valence-electron chi connectivity index (χ4n) is 2.05. The maximum absolute atomic E-state index is 12.0. The van der Waals surface area contributed by atoms with Crippen molar-refractivity contribution in [1.29, 1.82) is 0 Å². The SMILES string of the molecule is Cl.O=C(COC1CCNCC1)Nc1ccc(OCC(F)(F)F)nc1. The highest BCUT2D eigenvalue weighted by Gasteiger charge is 2.28. The molecule has 6 nitrogen and oxygen atoms in total. The Hall–Kier alpha value is -1.58. The van der Waals surface area contributed by atoms with Crippen molar-refractivity contribution >= 4 is 24.0 Å². The zero-order valence-corrected chi connectivity index (χ0v) is 13.6. The fraction of sp³-hybridized carbons (Fsp3) is 0.571. The highest BCUT2D eigenvalue weighted by Crippen LogP contribution is 2.18. The maximum Gasteiger partial charge on any atom is 0.422 e. The Morgan fingerprint density at radius 1 is 1.33 bits per heavy atom. The first-order valence-electron chi connectivity index (χ1n) is 7.20. The molecule has 0 bridgehead atoms. The third-order valence-corrected chi connectivity index (χ3v) is 3.14. The summed E-state index contributed by atoms with van der Waals surface area (Å²) in [4.78, 5) is 15.4. The summed E-state index contributed by atoms with van der Waals surface area (Å²) in [5.74, 6) is -0.499. The first-order valence-corrected chi connectivity index (χ1v) is 7.20. The smallest absolute Gasteiger partial charge is 0.422 e. The minimum Gasteiger partial charge on any atom is -0.468 e. The van der Waals surface area contributed by atoms with Crippen molar-refractivity contribution in [1.82, 2.24) is 10.3 Å². The van der Waals surface area contributed by atoms with Crippen LogP contribution >= 0.6 is 12.4 Å². The van der Waals surface area contributed by atoms with Gasteiger partial charge in [-0.15, -0.1) is 12.4 Å². The summed E-state index contributed by atoms with van der Waals surface area (Å²) >= 11 is 0. The van der Waals surface area contributed by atoms with E-state index in [1.807, 2.05) is 0 Å². The number of hydrogen-bond acceptors (Lipinski definition) is 5. The average molecular weight is 370 g/mol. The predicted octanol–water partition coefficient (Wildman–Crippen LogP) is 2.15. The molecule has 0 aromatic carbocycles. The van der Waals surface area contributed by atoms with Gasteiger partial charge in [-0.05, 0) is 32.0 Å². The molecule has 0 radical (unpaired) electrons. The third kappa shape index (κ3) is 7.80. The molecule has 1 aromatic rings. The molecule has 1 aromatic heterocycles. The summed E-state index contributed by atoms with van der Waals surface area (Å²) in [6.07, 6.45) is -1.40. The number of aromatic nitrogens is 1. The second-order valence-electron chi connectivity index (χ2n) is 5.10. The van der Waals surface area contributed by atoms with Crippen LogP contribution in [0.1, 0.15) is 12.8 Å². The molecule has 1 amide bonds. The Morgan fingerprint density at radius 3 is 2.62 bits per heavy atom. The molecular formula is C14H19ClF3N3O3. The van der Waals surface area contributed by atoms with Crippen LogP contribution in [-0.2, 0) is 9.53 Å². The van der Waals surface area contributed by atoms with Gasteiger partial charge in [-0.1, -0.05) is 0 Å². The van der Waals surface area contributed by atoms with Crippen molar-refractivity contribution in [2.24, 2.45) is 0 Å². The monoisotopic (exact) mass is 369 g/mol. The molecule has 2 rings (SSSR count). The third-order valence-electron chi connectivity index (χ3n) is 3.14. The standard InChI is InChI=1S/C14H18F3N3O3.ClH/c15-14(16,17)9-23-13-2-1-10(7-19-13)20-12(21)8-22-11-3-5-18-6-4-11;/h1-2,7,11,18H,3-6,8-9H2,(H,20,21);1H. The number of alkyl halides is 3. The molecule has 1 saturated heterocycles. The minimum atomic E-state index is -4.42. The van der Waals surface area contributed by atoms with Crippen molar-refractivity contribution in [3.05, 3.63) is 18.3 Å². The summed E-state index contributed by atoms with van der Waals surface area (Å²) in [6, 6.07) is 2.68. The van der Waals surface area contributed by atoms with E-state index in [0.717, 1.165) is 25.9 Å². The lowest BCUT2D eigenvalue weighted by atomic mass is 10.1. The van der Waals surface area contributed by atoms with Crippen LogP contribution in [0.3, 0.4) is 0 Å². The van der Waals surface area contributed by atoms with Gasteiger partial charge in [0.2, 0.25) is 11.8 Å². The lowest BCUT2D eigenvalue weighted by Gasteiger charge is -2.22. The van der Waals surface area contributed by atoms with E-state index < -0.39 is 12.8 Å². The van der Waals surface area contributed by atoms with Gasteiger partial charge in [-0.25, -0.2) is 4.98 Å². The summed E-state index contributed by atoms with van der Waals surface area (Å²) < 4.78 is 46.0. The number of carbonyl (C=O) groups is 1. The molecule has 2 N–H and O–H groups in total. The summed E-state index contributed by atoms with van der Waals surface area (Å²) in [6.45, 7) is 0.262. The van der Waals surface area contributed by atoms with Crippen molar-refractivity contribution in [2.45, 2.75) is 25.1 Å². The number of piperidine rings is 1. The molecule has 136 valence electrons. The van der Waals surface area contributed by atoms with Crippen LogP contribution in [0.4, 0.5) is 18.9 Å². The van der Waals surface area contributed by atoms with Gasteiger partial charge in [0.25, 0.3) is 0 Å². The second-order valence-corrected chi connectivity index (χ2v) is 5.10. The lowest BCUT2D eigenvalue weighted by molar-refractivity contribution is -0.154. The number of anilines is 1. The van der Waals surface area contributed by atoms with Crippen molar-refractivity contribution in [2.75, 3.05) is 31.6 Å². The van der Waals surface area contributed by atoms with Gasteiger partial charge in [0.1, 0.15) is 6.61 Å². The minimum absolute atomic E-state index is 0. The van der Waals surface area contributed by atoms with Crippen molar-refractivity contribution < 1.29 is 27.4 Å². The van der Waals surface area contributed by atoms with E-state index in [2.05, 4.69) is 20.4 Å². The van der Waals surface area contributed by atoms with Gasteiger partial charge in [0.15, 0.2) is 6.61 Å². The largest absolute Gasteiger partial charge is 0.468 e. The zero-order chi connectivity index (χ0) is 16.7. The summed E-state index contributed by atoms with van der Waals surface area (Å²) in [5, 5.41) is 5.76. The van der Waals surface area contributed by atoms with Gasteiger partial charge >= 0.3 is 6.18 Å². The number of rotatable bonds is 6. The van der Waals surface area contributed by atoms with E-state index in [1.165, 1.54) is 18.3 Å². The number of carbonyl (C=O) groups excluding carboxylic acids is 1. The quantitative estimate of drug-likeness (QED) is 0.804. The van der Waals surface area contributed by atoms with E-state index in [0.29, 0.717) is 5.69 Å². The molecule has 0 spiro atoms. The average Bonchev–Trinajstić information content (AvgIpc) is 2.53. The van der Waals surface area contributed by atoms with E-state index in [4.69, 9.17) is 4.74 Å². The molecule has 10 heteroatoms. The van der Waals surface area contributed by atoms with E-state index >= 15 is 0 Å². The van der Waals surface area contributed by atoms with Crippen LogP contribution in [0.15, 0.2) is 18.3 Å². The molecule has 0 saturated carbocycles. The van der Waals surface area contributed by atoms with Crippen molar-refractivity contribution in [3.63, 3.8) is 0 Å². The predicted molar refractivity (Wildman–Crippen MR) is 83.5 cm³/mol. The Labute approximate surface area is 143 Å². The number of nitrogens with one attached hydrogen (secondary N) is 2. The fourth-order valence-corrected chi connectivity index (χ4v) is 2.05. The van der Waals surface area contributed by atoms with Gasteiger partial charge in [-0.2, -0.15) is 13.2 Å². The number of hydrogen-bond donors (Lipinski definition) is 2. The highest BCUT2D eigenvalue weighted by molar-refractivity contribution is 5.91. The van der Waals surface area contributed by atoms with E-state index in [9.17, 15) is 18.0 Å². The van der Waals surface area contributed by atoms with Crippen molar-refractivity contribution in [3.8, 4) is 5.88 Å². The number of ether oxygens (including phenoxy) is 2. The molecule has 0 atom stereocenters. The first-order chi connectivity index (χ1) is 10.9. The number of halogens is 4. The highest BCUT2D eigenvalue weighted by atomic mass is 35.5. The van der Waals surface area contributed by atoms with Crippen LogP contribution in [-0.4, -0.2) is 49.5 Å². The van der Waals surface area contributed by atoms with E-state index in [-0.39, 0.29) is 36.9 Å². The lowest BCUT2D eigenvalue weighted by Crippen LogP contribution is -2.34. The molecule has 1 aliphatic heterocycles. The molecule has 1 aliphatic rings. The van der Waals surface area contributed by atoms with E-state index in [1.54, 1.807) is 0 Å². The summed E-state index contributed by atoms with van der Waals surface area (Å²) in [7, 11) is 0.